The highest BCUT2D eigenvalue weighted by Gasteiger charge is 2.55. The number of hydrogen-bond donors (Lipinski definition) is 1. The van der Waals surface area contributed by atoms with Crippen LogP contribution in [-0.2, 0) is 26.6 Å². The molecule has 0 atom stereocenters. The molecule has 1 rings (SSSR count). The van der Waals surface area contributed by atoms with E-state index in [1.165, 1.54) is 0 Å². The molecule has 0 amide bonds. The third-order valence-electron chi connectivity index (χ3n) is 1.98. The molecule has 0 radical (unpaired) electrons. The summed E-state index contributed by atoms with van der Waals surface area (Å²) in [5, 5.41) is 0. The number of aromatic nitrogens is 2. The highest BCUT2D eigenvalue weighted by atomic mass is 32.3. The summed E-state index contributed by atoms with van der Waals surface area (Å²) in [4.78, 5) is 3.90. The molecule has 0 spiro atoms. The van der Waals surface area contributed by atoms with Gasteiger partial charge in [-0.2, -0.15) is 26.3 Å². The van der Waals surface area contributed by atoms with E-state index in [0.717, 1.165) is 13.0 Å². The second-order valence-corrected chi connectivity index (χ2v) is 7.47. The maximum atomic E-state index is 11.5. The van der Waals surface area contributed by atoms with Crippen LogP contribution < -0.4 is 4.13 Å². The zero-order valence-electron chi connectivity index (χ0n) is 11.5. The van der Waals surface area contributed by atoms with Crippen LogP contribution in [0.1, 0.15) is 6.42 Å². The predicted octanol–water partition coefficient (Wildman–Crippen LogP) is 1.73. The van der Waals surface area contributed by atoms with Crippen LogP contribution in [0.2, 0.25) is 0 Å². The average Bonchev–Trinajstić information content (AvgIpc) is 2.86. The van der Waals surface area contributed by atoms with E-state index in [9.17, 15) is 43.2 Å². The third-order valence-corrected chi connectivity index (χ3v) is 4.95. The minimum absolute atomic E-state index is 0.493. The Labute approximate surface area is 133 Å². The first kappa shape index (κ1) is 22.4. The molecule has 0 bridgehead atoms. The molecule has 0 aliphatic rings. The number of aryl methyl sites for hydroxylation is 1. The van der Waals surface area contributed by atoms with E-state index in [-0.39, 0.29) is 0 Å². The normalized spacial score (nSPS) is 13.1. The maximum absolute atomic E-state index is 11.5. The molecule has 140 valence electrons. The van der Waals surface area contributed by atoms with E-state index in [2.05, 4.69) is 11.6 Å². The predicted molar refractivity (Wildman–Crippen MR) is 70.1 cm³/mol. The van der Waals surface area contributed by atoms with E-state index in [4.69, 9.17) is 0 Å². The van der Waals surface area contributed by atoms with Gasteiger partial charge in [-0.3, -0.25) is 0 Å². The topological polar surface area (TPSA) is 98.1 Å². The van der Waals surface area contributed by atoms with Gasteiger partial charge in [-0.05, 0) is 6.42 Å². The van der Waals surface area contributed by atoms with Crippen molar-refractivity contribution in [1.29, 1.82) is 0 Å². The van der Waals surface area contributed by atoms with Crippen molar-refractivity contribution in [2.45, 2.75) is 24.0 Å². The molecule has 1 N–H and O–H groups in total. The SMILES string of the molecule is C=CCCn1ccnc1.O=S(=O)(NS(=O)(=O)C(F)(F)F)C(F)(F)F. The number of sulfonamides is 2. The first-order valence-corrected chi connectivity index (χ1v) is 8.58. The van der Waals surface area contributed by atoms with E-state index in [1.807, 2.05) is 23.2 Å². The molecular weight excluding hydrogens is 392 g/mol. The number of halogens is 6. The van der Waals surface area contributed by atoms with Crippen molar-refractivity contribution in [3.63, 3.8) is 0 Å². The molecule has 0 saturated carbocycles. The molecule has 7 nitrogen and oxygen atoms in total. The molecule has 0 aromatic carbocycles. The lowest BCUT2D eigenvalue weighted by Crippen LogP contribution is -2.45. The van der Waals surface area contributed by atoms with E-state index in [1.54, 1.807) is 6.20 Å². The Morgan fingerprint density at radius 2 is 1.50 bits per heavy atom. The number of rotatable bonds is 5. The Bertz CT molecular complexity index is 680. The molecule has 0 aliphatic carbocycles. The third kappa shape index (κ3) is 6.88. The zero-order valence-corrected chi connectivity index (χ0v) is 13.2. The Balaban J connectivity index is 0.000000496. The standard InChI is InChI=1S/C7H10N2.C2HF6NO4S2/c1-2-3-5-9-6-4-8-7-9;3-1(4,5)14(10,11)9-15(12,13)2(6,7)8/h2,4,6-7H,1,3,5H2;9H. The first-order chi connectivity index (χ1) is 10.6. The zero-order chi connectivity index (χ0) is 19.2. The van der Waals surface area contributed by atoms with Crippen LogP contribution in [0.4, 0.5) is 26.3 Å². The summed E-state index contributed by atoms with van der Waals surface area (Å²) < 4.78 is 110. The second kappa shape index (κ2) is 7.98. The quantitative estimate of drug-likeness (QED) is 0.597. The molecular formula is C9H11F6N3O4S2. The number of hydrogen-bond acceptors (Lipinski definition) is 5. The fraction of sp³-hybridized carbons (Fsp3) is 0.444. The summed E-state index contributed by atoms with van der Waals surface area (Å²) in [6.45, 7) is 4.62. The molecule has 0 saturated heterocycles. The molecule has 1 aromatic rings. The fourth-order valence-corrected chi connectivity index (χ4v) is 2.81. The molecule has 0 aliphatic heterocycles. The molecule has 1 heterocycles. The van der Waals surface area contributed by atoms with Crippen LogP contribution in [0.5, 0.6) is 0 Å². The van der Waals surface area contributed by atoms with Gasteiger partial charge in [0.1, 0.15) is 0 Å². The van der Waals surface area contributed by atoms with Gasteiger partial charge < -0.3 is 4.57 Å². The summed E-state index contributed by atoms with van der Waals surface area (Å²) in [6.07, 6.45) is 8.45. The molecule has 0 unspecified atom stereocenters. The Morgan fingerprint density at radius 3 is 1.79 bits per heavy atom. The summed E-state index contributed by atoms with van der Waals surface area (Å²) >= 11 is 0. The summed E-state index contributed by atoms with van der Waals surface area (Å²) in [5.74, 6) is 0. The Kier molecular flexibility index (Phi) is 7.44. The number of alkyl halides is 6. The minimum Gasteiger partial charge on any atom is -0.337 e. The van der Waals surface area contributed by atoms with Crippen LogP contribution in [0, 0.1) is 0 Å². The fourth-order valence-electron chi connectivity index (χ4n) is 0.898. The van der Waals surface area contributed by atoms with Crippen LogP contribution in [0.3, 0.4) is 0 Å². The van der Waals surface area contributed by atoms with Crippen molar-refractivity contribution in [2.24, 2.45) is 0 Å². The van der Waals surface area contributed by atoms with Gasteiger partial charge >= 0.3 is 31.1 Å². The highest BCUT2D eigenvalue weighted by Crippen LogP contribution is 2.27. The van der Waals surface area contributed by atoms with Gasteiger partial charge in [-0.1, -0.05) is 10.2 Å². The lowest BCUT2D eigenvalue weighted by Gasteiger charge is -2.11. The summed E-state index contributed by atoms with van der Waals surface area (Å²) in [5.41, 5.74) is -12.3. The lowest BCUT2D eigenvalue weighted by molar-refractivity contribution is -0.0476. The van der Waals surface area contributed by atoms with Gasteiger partial charge in [0.05, 0.1) is 6.33 Å². The smallest absolute Gasteiger partial charge is 0.337 e. The number of nitrogens with zero attached hydrogens (tertiary/aromatic N) is 2. The van der Waals surface area contributed by atoms with Crippen molar-refractivity contribution in [3.8, 4) is 0 Å². The van der Waals surface area contributed by atoms with Crippen molar-refractivity contribution < 1.29 is 43.2 Å². The van der Waals surface area contributed by atoms with Crippen LogP contribution in [0.25, 0.3) is 0 Å². The van der Waals surface area contributed by atoms with Gasteiger partial charge in [0.15, 0.2) is 0 Å². The van der Waals surface area contributed by atoms with Gasteiger partial charge in [-0.25, -0.2) is 21.8 Å². The monoisotopic (exact) mass is 403 g/mol. The second-order valence-electron chi connectivity index (χ2n) is 3.86. The Morgan fingerprint density at radius 1 is 1.04 bits per heavy atom. The molecule has 24 heavy (non-hydrogen) atoms. The maximum Gasteiger partial charge on any atom is 0.512 e. The van der Waals surface area contributed by atoms with Crippen molar-refractivity contribution in [2.75, 3.05) is 0 Å². The van der Waals surface area contributed by atoms with Crippen molar-refractivity contribution in [3.05, 3.63) is 31.4 Å². The van der Waals surface area contributed by atoms with Gasteiger partial charge in [0.2, 0.25) is 0 Å². The Hall–Kier alpha value is -1.61. The number of allylic oxidation sites excluding steroid dienone is 1. The summed E-state index contributed by atoms with van der Waals surface area (Å²) in [6, 6.07) is 0. The van der Waals surface area contributed by atoms with Gasteiger partial charge in [0, 0.05) is 18.9 Å². The van der Waals surface area contributed by atoms with E-state index < -0.39 is 35.2 Å². The van der Waals surface area contributed by atoms with Crippen LogP contribution in [-0.4, -0.2) is 37.4 Å². The highest BCUT2D eigenvalue weighted by molar-refractivity contribution is 8.05. The van der Waals surface area contributed by atoms with Crippen LogP contribution >= 0.6 is 0 Å². The molecule has 0 fully saturated rings. The van der Waals surface area contributed by atoms with E-state index in [0.29, 0.717) is 0 Å². The van der Waals surface area contributed by atoms with Gasteiger partial charge in [0.25, 0.3) is 0 Å². The van der Waals surface area contributed by atoms with Gasteiger partial charge in [-0.15, -0.1) is 6.58 Å². The van der Waals surface area contributed by atoms with Crippen LogP contribution in [0.15, 0.2) is 31.4 Å². The molecule has 15 heteroatoms. The molecule has 1 aromatic heterocycles. The lowest BCUT2D eigenvalue weighted by atomic mass is 10.4. The van der Waals surface area contributed by atoms with Crippen molar-refractivity contribution >= 4 is 20.0 Å². The first-order valence-electron chi connectivity index (χ1n) is 5.62. The summed E-state index contributed by atoms with van der Waals surface area (Å²) in [7, 11) is -13.2. The van der Waals surface area contributed by atoms with Crippen molar-refractivity contribution in [1.82, 2.24) is 13.7 Å². The number of nitrogens with one attached hydrogen (secondary N) is 1. The number of imidazole rings is 1. The largest absolute Gasteiger partial charge is 0.512 e. The minimum atomic E-state index is -6.60. The van der Waals surface area contributed by atoms with E-state index >= 15 is 0 Å². The average molecular weight is 403 g/mol.